The van der Waals surface area contributed by atoms with E-state index in [4.69, 9.17) is 9.84 Å². The maximum absolute atomic E-state index is 12.0. The predicted octanol–water partition coefficient (Wildman–Crippen LogP) is -0.574. The Kier molecular flexibility index (Phi) is 6.28. The molecule has 3 N–H and O–H groups in total. The van der Waals surface area contributed by atoms with Gasteiger partial charge in [-0.1, -0.05) is 6.07 Å². The minimum atomic E-state index is -3.75. The molecule has 0 aliphatic heterocycles. The molecule has 1 aromatic carbocycles. The maximum Gasteiger partial charge on any atom is 0.322 e. The highest BCUT2D eigenvalue weighted by molar-refractivity contribution is 7.89. The molecular weight excluding hydrogens is 300 g/mol. The van der Waals surface area contributed by atoms with Crippen LogP contribution in [0.15, 0.2) is 29.2 Å². The summed E-state index contributed by atoms with van der Waals surface area (Å²) in [5.41, 5.74) is 0.0610. The van der Waals surface area contributed by atoms with Crippen molar-refractivity contribution < 1.29 is 27.9 Å². The van der Waals surface area contributed by atoms with Crippen molar-refractivity contribution >= 4 is 21.9 Å². The van der Waals surface area contributed by atoms with E-state index in [1.807, 2.05) is 0 Å². The molecule has 0 saturated carbocycles. The normalized spacial score (nSPS) is 11.1. The van der Waals surface area contributed by atoms with Gasteiger partial charge in [0.15, 0.2) is 0 Å². The summed E-state index contributed by atoms with van der Waals surface area (Å²) in [6, 6.07) is 5.31. The number of benzene rings is 1. The number of carbonyl (C=O) groups excluding carboxylic acids is 1. The molecular formula is C12H16N2O6S. The van der Waals surface area contributed by atoms with Crippen LogP contribution in [-0.2, 0) is 19.6 Å². The number of sulfonamides is 1. The van der Waals surface area contributed by atoms with Crippen molar-refractivity contribution in [3.8, 4) is 0 Å². The molecule has 8 nitrogen and oxygen atoms in total. The summed E-state index contributed by atoms with van der Waals surface area (Å²) in [5, 5.41) is 10.6. The highest BCUT2D eigenvalue weighted by atomic mass is 32.2. The number of nitrogens with one attached hydrogen (secondary N) is 2. The number of aliphatic carboxylic acids is 1. The monoisotopic (exact) mass is 316 g/mol. The number of carboxylic acids is 1. The smallest absolute Gasteiger partial charge is 0.322 e. The Morgan fingerprint density at radius 2 is 2.05 bits per heavy atom. The fourth-order valence-corrected chi connectivity index (χ4v) is 2.48. The molecule has 0 aromatic heterocycles. The number of methoxy groups -OCH3 is 1. The van der Waals surface area contributed by atoms with Crippen molar-refractivity contribution in [2.45, 2.75) is 4.90 Å². The van der Waals surface area contributed by atoms with Crippen molar-refractivity contribution in [1.82, 2.24) is 10.0 Å². The molecule has 9 heteroatoms. The second kappa shape index (κ2) is 7.72. The minimum Gasteiger partial charge on any atom is -0.480 e. The van der Waals surface area contributed by atoms with Crippen LogP contribution in [-0.4, -0.2) is 52.2 Å². The van der Waals surface area contributed by atoms with E-state index in [0.717, 1.165) is 0 Å². The van der Waals surface area contributed by atoms with Crippen LogP contribution in [0.4, 0.5) is 0 Å². The first-order chi connectivity index (χ1) is 9.86. The highest BCUT2D eigenvalue weighted by Gasteiger charge is 2.16. The predicted molar refractivity (Wildman–Crippen MR) is 73.5 cm³/mol. The molecule has 0 spiro atoms. The number of ether oxygens (including phenoxy) is 1. The second-order valence-electron chi connectivity index (χ2n) is 3.99. The topological polar surface area (TPSA) is 122 Å². The number of carboxylic acid groups (broad SMARTS) is 1. The van der Waals surface area contributed by atoms with Crippen LogP contribution in [0.2, 0.25) is 0 Å². The lowest BCUT2D eigenvalue weighted by atomic mass is 10.2. The SMILES string of the molecule is COCCNS(=O)(=O)c1cccc(C(=O)NCC(=O)O)c1. The zero-order chi connectivity index (χ0) is 15.9. The quantitative estimate of drug-likeness (QED) is 0.552. The zero-order valence-corrected chi connectivity index (χ0v) is 12.1. The van der Waals surface area contributed by atoms with E-state index in [2.05, 4.69) is 10.0 Å². The van der Waals surface area contributed by atoms with E-state index in [-0.39, 0.29) is 23.6 Å². The molecule has 0 saturated heterocycles. The second-order valence-corrected chi connectivity index (χ2v) is 5.76. The van der Waals surface area contributed by atoms with Gasteiger partial charge in [0.25, 0.3) is 5.91 Å². The molecule has 0 aliphatic rings. The van der Waals surface area contributed by atoms with Gasteiger partial charge in [-0.25, -0.2) is 13.1 Å². The van der Waals surface area contributed by atoms with Crippen LogP contribution in [0.5, 0.6) is 0 Å². The summed E-state index contributed by atoms with van der Waals surface area (Å²) in [7, 11) is -2.30. The molecule has 21 heavy (non-hydrogen) atoms. The van der Waals surface area contributed by atoms with Crippen LogP contribution >= 0.6 is 0 Å². The lowest BCUT2D eigenvalue weighted by molar-refractivity contribution is -0.135. The van der Waals surface area contributed by atoms with Crippen LogP contribution in [0.3, 0.4) is 0 Å². The van der Waals surface area contributed by atoms with Crippen molar-refractivity contribution in [2.75, 3.05) is 26.8 Å². The zero-order valence-electron chi connectivity index (χ0n) is 11.3. The summed E-state index contributed by atoms with van der Waals surface area (Å²) in [5.74, 6) is -1.85. The number of amides is 1. The lowest BCUT2D eigenvalue weighted by Gasteiger charge is -2.08. The Morgan fingerprint density at radius 1 is 1.33 bits per heavy atom. The van der Waals surface area contributed by atoms with Gasteiger partial charge in [0.1, 0.15) is 6.54 Å². The van der Waals surface area contributed by atoms with Gasteiger partial charge in [-0.05, 0) is 18.2 Å². The first-order valence-corrected chi connectivity index (χ1v) is 7.44. The summed E-state index contributed by atoms with van der Waals surface area (Å²) < 4.78 is 31.0. The van der Waals surface area contributed by atoms with Gasteiger partial charge in [0.05, 0.1) is 11.5 Å². The third kappa shape index (κ3) is 5.50. The molecule has 1 rings (SSSR count). The first-order valence-electron chi connectivity index (χ1n) is 5.95. The van der Waals surface area contributed by atoms with Crippen LogP contribution in [0.1, 0.15) is 10.4 Å². The molecule has 1 amide bonds. The van der Waals surface area contributed by atoms with Crippen molar-refractivity contribution in [2.24, 2.45) is 0 Å². The number of rotatable bonds is 8. The average Bonchev–Trinajstić information content (AvgIpc) is 2.45. The fraction of sp³-hybridized carbons (Fsp3) is 0.333. The molecule has 1 aromatic rings. The average molecular weight is 316 g/mol. The molecule has 0 unspecified atom stereocenters. The van der Waals surface area contributed by atoms with E-state index < -0.39 is 28.4 Å². The Morgan fingerprint density at radius 3 is 2.67 bits per heavy atom. The van der Waals surface area contributed by atoms with E-state index in [9.17, 15) is 18.0 Å². The summed E-state index contributed by atoms with van der Waals surface area (Å²) in [6.07, 6.45) is 0. The van der Waals surface area contributed by atoms with E-state index in [1.54, 1.807) is 0 Å². The Balaban J connectivity index is 2.84. The number of hydrogen-bond acceptors (Lipinski definition) is 5. The van der Waals surface area contributed by atoms with Gasteiger partial charge >= 0.3 is 5.97 Å². The molecule has 0 fully saturated rings. The Bertz CT molecular complexity index is 614. The van der Waals surface area contributed by atoms with Crippen LogP contribution in [0, 0.1) is 0 Å². The summed E-state index contributed by atoms with van der Waals surface area (Å²) in [4.78, 5) is 22.0. The standard InChI is InChI=1S/C12H16N2O6S/c1-20-6-5-14-21(18,19)10-4-2-3-9(7-10)12(17)13-8-11(15)16/h2-4,7,14H,5-6,8H2,1H3,(H,13,17)(H,15,16). The van der Waals surface area contributed by atoms with E-state index in [0.29, 0.717) is 0 Å². The number of hydrogen-bond donors (Lipinski definition) is 3. The van der Waals surface area contributed by atoms with E-state index >= 15 is 0 Å². The van der Waals surface area contributed by atoms with E-state index in [1.165, 1.54) is 31.4 Å². The molecule has 0 bridgehead atoms. The highest BCUT2D eigenvalue weighted by Crippen LogP contribution is 2.11. The van der Waals surface area contributed by atoms with Crippen LogP contribution < -0.4 is 10.0 Å². The van der Waals surface area contributed by atoms with Gasteiger partial charge < -0.3 is 15.2 Å². The Labute approximate surface area is 122 Å². The van der Waals surface area contributed by atoms with Crippen molar-refractivity contribution in [3.63, 3.8) is 0 Å². The van der Waals surface area contributed by atoms with Gasteiger partial charge in [0, 0.05) is 19.2 Å². The lowest BCUT2D eigenvalue weighted by Crippen LogP contribution is -2.30. The third-order valence-electron chi connectivity index (χ3n) is 2.40. The van der Waals surface area contributed by atoms with Crippen molar-refractivity contribution in [3.05, 3.63) is 29.8 Å². The molecule has 0 radical (unpaired) electrons. The van der Waals surface area contributed by atoms with Crippen molar-refractivity contribution in [1.29, 1.82) is 0 Å². The molecule has 0 atom stereocenters. The maximum atomic E-state index is 12.0. The first kappa shape index (κ1) is 17.1. The molecule has 116 valence electrons. The van der Waals surface area contributed by atoms with Gasteiger partial charge in [-0.3, -0.25) is 9.59 Å². The van der Waals surface area contributed by atoms with Gasteiger partial charge in [0.2, 0.25) is 10.0 Å². The summed E-state index contributed by atoms with van der Waals surface area (Å²) in [6.45, 7) is -0.214. The molecule has 0 heterocycles. The van der Waals surface area contributed by atoms with Gasteiger partial charge in [-0.15, -0.1) is 0 Å². The minimum absolute atomic E-state index is 0.0610. The largest absolute Gasteiger partial charge is 0.480 e. The van der Waals surface area contributed by atoms with Gasteiger partial charge in [-0.2, -0.15) is 0 Å². The molecule has 0 aliphatic carbocycles. The fourth-order valence-electron chi connectivity index (χ4n) is 1.42. The third-order valence-corrected chi connectivity index (χ3v) is 3.86. The Hall–Kier alpha value is -1.97. The number of carbonyl (C=O) groups is 2. The summed E-state index contributed by atoms with van der Waals surface area (Å²) >= 11 is 0. The van der Waals surface area contributed by atoms with Crippen LogP contribution in [0.25, 0.3) is 0 Å².